The standard InChI is InChI=1S/C13H22N2S/c1-3-7-15-8-5-13(12-15)11-14-6-10-16-9-4-2/h4-5,8,12,14H,2-3,6-7,9-11H2,1H3. The van der Waals surface area contributed by atoms with E-state index in [1.54, 1.807) is 0 Å². The average Bonchev–Trinajstić information content (AvgIpc) is 2.72. The molecule has 0 fully saturated rings. The van der Waals surface area contributed by atoms with Gasteiger partial charge in [-0.3, -0.25) is 0 Å². The van der Waals surface area contributed by atoms with E-state index in [1.165, 1.54) is 12.0 Å². The van der Waals surface area contributed by atoms with E-state index in [1.807, 2.05) is 17.8 Å². The Hall–Kier alpha value is -0.670. The van der Waals surface area contributed by atoms with Crippen molar-refractivity contribution >= 4 is 11.8 Å². The van der Waals surface area contributed by atoms with Crippen molar-refractivity contribution in [1.29, 1.82) is 0 Å². The van der Waals surface area contributed by atoms with Gasteiger partial charge in [-0.2, -0.15) is 11.8 Å². The largest absolute Gasteiger partial charge is 0.354 e. The second-order valence-corrected chi connectivity index (χ2v) is 4.95. The van der Waals surface area contributed by atoms with E-state index >= 15 is 0 Å². The summed E-state index contributed by atoms with van der Waals surface area (Å²) >= 11 is 1.92. The Balaban J connectivity index is 2.09. The molecule has 2 nitrogen and oxygen atoms in total. The van der Waals surface area contributed by atoms with Gasteiger partial charge in [0.25, 0.3) is 0 Å². The monoisotopic (exact) mass is 238 g/mol. The smallest absolute Gasteiger partial charge is 0.0220 e. The first-order valence-corrected chi connectivity index (χ1v) is 7.06. The summed E-state index contributed by atoms with van der Waals surface area (Å²) < 4.78 is 2.25. The third kappa shape index (κ3) is 5.42. The van der Waals surface area contributed by atoms with Crippen LogP contribution in [0.2, 0.25) is 0 Å². The lowest BCUT2D eigenvalue weighted by molar-refractivity contribution is 0.675. The number of aromatic nitrogens is 1. The molecule has 90 valence electrons. The molecule has 1 N–H and O–H groups in total. The third-order valence-electron chi connectivity index (χ3n) is 2.28. The van der Waals surface area contributed by atoms with Crippen molar-refractivity contribution in [2.45, 2.75) is 26.4 Å². The number of hydrogen-bond acceptors (Lipinski definition) is 2. The first kappa shape index (κ1) is 13.4. The van der Waals surface area contributed by atoms with Crippen LogP contribution in [0.25, 0.3) is 0 Å². The van der Waals surface area contributed by atoms with Crippen LogP contribution in [0, 0.1) is 0 Å². The molecule has 0 spiro atoms. The fourth-order valence-corrected chi connectivity index (χ4v) is 2.16. The Morgan fingerprint density at radius 1 is 1.56 bits per heavy atom. The SMILES string of the molecule is C=CCSCCNCc1ccn(CCC)c1. The second kappa shape index (κ2) is 8.48. The highest BCUT2D eigenvalue weighted by Gasteiger charge is 1.95. The molecule has 1 rings (SSSR count). The molecule has 0 aliphatic rings. The van der Waals surface area contributed by atoms with Crippen LogP contribution < -0.4 is 5.32 Å². The van der Waals surface area contributed by atoms with E-state index in [-0.39, 0.29) is 0 Å². The summed E-state index contributed by atoms with van der Waals surface area (Å²) in [5, 5.41) is 3.45. The molecule has 3 heteroatoms. The van der Waals surface area contributed by atoms with E-state index in [4.69, 9.17) is 0 Å². The summed E-state index contributed by atoms with van der Waals surface area (Å²) in [6.45, 7) is 9.07. The van der Waals surface area contributed by atoms with Crippen molar-refractivity contribution in [3.8, 4) is 0 Å². The molecule has 0 unspecified atom stereocenters. The molecule has 0 saturated heterocycles. The quantitative estimate of drug-likeness (QED) is 0.526. The van der Waals surface area contributed by atoms with Crippen LogP contribution in [0.5, 0.6) is 0 Å². The normalized spacial score (nSPS) is 10.6. The zero-order valence-electron chi connectivity index (χ0n) is 10.1. The lowest BCUT2D eigenvalue weighted by Crippen LogP contribution is -2.16. The number of aryl methyl sites for hydroxylation is 1. The van der Waals surface area contributed by atoms with Crippen molar-refractivity contribution in [2.75, 3.05) is 18.1 Å². The van der Waals surface area contributed by atoms with Crippen molar-refractivity contribution in [3.05, 3.63) is 36.7 Å². The van der Waals surface area contributed by atoms with Crippen molar-refractivity contribution in [3.63, 3.8) is 0 Å². The second-order valence-electron chi connectivity index (χ2n) is 3.80. The predicted octanol–water partition coefficient (Wildman–Crippen LogP) is 2.91. The van der Waals surface area contributed by atoms with Gasteiger partial charge in [0.05, 0.1) is 0 Å². The Labute approximate surface area is 103 Å². The molecule has 16 heavy (non-hydrogen) atoms. The highest BCUT2D eigenvalue weighted by molar-refractivity contribution is 7.99. The topological polar surface area (TPSA) is 17.0 Å². The zero-order chi connectivity index (χ0) is 11.6. The van der Waals surface area contributed by atoms with E-state index in [2.05, 4.69) is 41.8 Å². The van der Waals surface area contributed by atoms with Crippen molar-refractivity contribution < 1.29 is 0 Å². The van der Waals surface area contributed by atoms with Crippen LogP contribution in [0.4, 0.5) is 0 Å². The molecule has 1 aromatic rings. The highest BCUT2D eigenvalue weighted by atomic mass is 32.2. The molecule has 0 saturated carbocycles. The number of nitrogens with zero attached hydrogens (tertiary/aromatic N) is 1. The van der Waals surface area contributed by atoms with E-state index in [0.29, 0.717) is 0 Å². The van der Waals surface area contributed by atoms with E-state index in [0.717, 1.165) is 31.1 Å². The molecule has 1 heterocycles. The number of nitrogens with one attached hydrogen (secondary N) is 1. The maximum absolute atomic E-state index is 3.70. The molecular formula is C13H22N2S. The molecule has 0 amide bonds. The van der Waals surface area contributed by atoms with Crippen LogP contribution in [0.1, 0.15) is 18.9 Å². The summed E-state index contributed by atoms with van der Waals surface area (Å²) in [6, 6.07) is 2.19. The average molecular weight is 238 g/mol. The maximum atomic E-state index is 3.70. The Morgan fingerprint density at radius 3 is 3.19 bits per heavy atom. The number of hydrogen-bond donors (Lipinski definition) is 1. The maximum Gasteiger partial charge on any atom is 0.0220 e. The minimum atomic E-state index is 0.978. The lowest BCUT2D eigenvalue weighted by Gasteiger charge is -2.02. The van der Waals surface area contributed by atoms with Gasteiger partial charge in [-0.1, -0.05) is 13.0 Å². The van der Waals surface area contributed by atoms with Crippen LogP contribution in [0.3, 0.4) is 0 Å². The van der Waals surface area contributed by atoms with Gasteiger partial charge in [-0.05, 0) is 18.1 Å². The van der Waals surface area contributed by atoms with Gasteiger partial charge in [-0.25, -0.2) is 0 Å². The van der Waals surface area contributed by atoms with Crippen LogP contribution in [-0.4, -0.2) is 22.6 Å². The number of thioether (sulfide) groups is 1. The molecule has 0 radical (unpaired) electrons. The summed E-state index contributed by atoms with van der Waals surface area (Å²) in [4.78, 5) is 0. The van der Waals surface area contributed by atoms with Gasteiger partial charge in [0.1, 0.15) is 0 Å². The summed E-state index contributed by atoms with van der Waals surface area (Å²) in [5.41, 5.74) is 1.38. The van der Waals surface area contributed by atoms with Crippen LogP contribution >= 0.6 is 11.8 Å². The molecule has 0 bridgehead atoms. The van der Waals surface area contributed by atoms with Gasteiger partial charge in [0.2, 0.25) is 0 Å². The lowest BCUT2D eigenvalue weighted by atomic mass is 10.3. The van der Waals surface area contributed by atoms with E-state index < -0.39 is 0 Å². The minimum absolute atomic E-state index is 0.978. The zero-order valence-corrected chi connectivity index (χ0v) is 10.9. The molecule has 1 aromatic heterocycles. The third-order valence-corrected chi connectivity index (χ3v) is 3.25. The van der Waals surface area contributed by atoms with Crippen LogP contribution in [0.15, 0.2) is 31.1 Å². The van der Waals surface area contributed by atoms with Gasteiger partial charge in [-0.15, -0.1) is 6.58 Å². The first-order valence-electron chi connectivity index (χ1n) is 5.90. The van der Waals surface area contributed by atoms with Gasteiger partial charge >= 0.3 is 0 Å². The molecule has 0 aromatic carbocycles. The fourth-order valence-electron chi connectivity index (χ4n) is 1.54. The van der Waals surface area contributed by atoms with Crippen molar-refractivity contribution in [1.82, 2.24) is 9.88 Å². The summed E-state index contributed by atoms with van der Waals surface area (Å²) in [5.74, 6) is 2.20. The Kier molecular flexibility index (Phi) is 7.10. The van der Waals surface area contributed by atoms with Crippen LogP contribution in [-0.2, 0) is 13.1 Å². The summed E-state index contributed by atoms with van der Waals surface area (Å²) in [6.07, 6.45) is 7.54. The Morgan fingerprint density at radius 2 is 2.44 bits per heavy atom. The fraction of sp³-hybridized carbons (Fsp3) is 0.538. The minimum Gasteiger partial charge on any atom is -0.354 e. The highest BCUT2D eigenvalue weighted by Crippen LogP contribution is 2.02. The van der Waals surface area contributed by atoms with Gasteiger partial charge in [0.15, 0.2) is 0 Å². The van der Waals surface area contributed by atoms with Gasteiger partial charge < -0.3 is 9.88 Å². The molecule has 0 aliphatic carbocycles. The van der Waals surface area contributed by atoms with Crippen molar-refractivity contribution in [2.24, 2.45) is 0 Å². The molecule has 0 atom stereocenters. The predicted molar refractivity (Wildman–Crippen MR) is 74.0 cm³/mol. The van der Waals surface area contributed by atoms with Gasteiger partial charge in [0, 0.05) is 43.5 Å². The summed E-state index contributed by atoms with van der Waals surface area (Å²) in [7, 11) is 0. The number of rotatable bonds is 9. The van der Waals surface area contributed by atoms with E-state index in [9.17, 15) is 0 Å². The molecule has 0 aliphatic heterocycles. The first-order chi connectivity index (χ1) is 7.86. The molecular weight excluding hydrogens is 216 g/mol. The Bertz CT molecular complexity index is 294.